The molecule has 1 fully saturated rings. The molecule has 0 bridgehead atoms. The highest BCUT2D eigenvalue weighted by molar-refractivity contribution is 7.12. The zero-order chi connectivity index (χ0) is 15.1. The fourth-order valence-electron chi connectivity index (χ4n) is 2.48. The van der Waals surface area contributed by atoms with Crippen LogP contribution in [0.5, 0.6) is 0 Å². The van der Waals surface area contributed by atoms with Gasteiger partial charge in [-0.15, -0.1) is 11.3 Å². The van der Waals surface area contributed by atoms with E-state index in [1.54, 1.807) is 0 Å². The number of aliphatic hydroxyl groups is 1. The molecule has 4 nitrogen and oxygen atoms in total. The fourth-order valence-corrected chi connectivity index (χ4v) is 3.24. The molecule has 1 saturated heterocycles. The Morgan fingerprint density at radius 1 is 1.52 bits per heavy atom. The maximum absolute atomic E-state index is 12.3. The van der Waals surface area contributed by atoms with E-state index in [0.29, 0.717) is 11.3 Å². The van der Waals surface area contributed by atoms with Crippen molar-refractivity contribution in [3.63, 3.8) is 0 Å². The molecule has 21 heavy (non-hydrogen) atoms. The monoisotopic (exact) mass is 306 g/mol. The third-order valence-electron chi connectivity index (χ3n) is 3.44. The lowest BCUT2D eigenvalue weighted by Gasteiger charge is -2.21. The van der Waals surface area contributed by atoms with E-state index >= 15 is 0 Å². The molecule has 0 spiro atoms. The van der Waals surface area contributed by atoms with Crippen LogP contribution in [0, 0.1) is 11.8 Å². The van der Waals surface area contributed by atoms with Crippen LogP contribution >= 0.6 is 11.3 Å². The summed E-state index contributed by atoms with van der Waals surface area (Å²) >= 11 is 1.41. The number of hydrogen-bond donors (Lipinski definition) is 2. The van der Waals surface area contributed by atoms with Gasteiger partial charge in [-0.25, -0.2) is 0 Å². The lowest BCUT2D eigenvalue weighted by molar-refractivity contribution is 0.0936. The molecule has 1 aromatic heterocycles. The Balaban J connectivity index is 1.91. The molecule has 1 atom stereocenters. The van der Waals surface area contributed by atoms with Gasteiger partial charge in [0, 0.05) is 24.6 Å². The zero-order valence-electron chi connectivity index (χ0n) is 12.4. The molecule has 114 valence electrons. The van der Waals surface area contributed by atoms with Crippen LogP contribution in [0.1, 0.15) is 41.4 Å². The molecule has 5 heteroatoms. The minimum Gasteiger partial charge on any atom is -0.395 e. The SMILES string of the molecule is CC(CN1CCCC1)NC(=O)c1sccc1C#CCCO. The molecule has 1 aliphatic heterocycles. The average Bonchev–Trinajstić information content (AvgIpc) is 3.10. The predicted molar refractivity (Wildman–Crippen MR) is 85.5 cm³/mol. The van der Waals surface area contributed by atoms with E-state index in [9.17, 15) is 4.79 Å². The van der Waals surface area contributed by atoms with Gasteiger partial charge in [-0.2, -0.15) is 0 Å². The summed E-state index contributed by atoms with van der Waals surface area (Å²) in [5, 5.41) is 13.7. The van der Waals surface area contributed by atoms with Crippen molar-refractivity contribution >= 4 is 17.2 Å². The van der Waals surface area contributed by atoms with Gasteiger partial charge >= 0.3 is 0 Å². The molecule has 1 aromatic rings. The Hall–Kier alpha value is -1.35. The molecule has 1 unspecified atom stereocenters. The number of rotatable bonds is 5. The molecule has 0 radical (unpaired) electrons. The molecule has 2 rings (SSSR count). The second kappa shape index (κ2) is 8.18. The lowest BCUT2D eigenvalue weighted by Crippen LogP contribution is -2.41. The summed E-state index contributed by atoms with van der Waals surface area (Å²) in [6.45, 7) is 5.27. The molecule has 2 heterocycles. The van der Waals surface area contributed by atoms with E-state index in [-0.39, 0.29) is 18.6 Å². The summed E-state index contributed by atoms with van der Waals surface area (Å²) in [4.78, 5) is 15.4. The molecule has 0 saturated carbocycles. The normalized spacial score (nSPS) is 16.3. The van der Waals surface area contributed by atoms with Crippen LogP contribution in [0.2, 0.25) is 0 Å². The van der Waals surface area contributed by atoms with Gasteiger partial charge in [0.1, 0.15) is 4.88 Å². The number of nitrogens with one attached hydrogen (secondary N) is 1. The summed E-state index contributed by atoms with van der Waals surface area (Å²) in [5.74, 6) is 5.76. The van der Waals surface area contributed by atoms with Crippen molar-refractivity contribution < 1.29 is 9.90 Å². The van der Waals surface area contributed by atoms with Crippen molar-refractivity contribution in [2.45, 2.75) is 32.2 Å². The standard InChI is InChI=1S/C16H22N2O2S/c1-13(12-18-8-3-4-9-18)17-16(20)15-14(7-11-21-15)6-2-5-10-19/h7,11,13,19H,3-5,8-10,12H2,1H3,(H,17,20). The zero-order valence-corrected chi connectivity index (χ0v) is 13.2. The number of hydrogen-bond acceptors (Lipinski definition) is 4. The fraction of sp³-hybridized carbons (Fsp3) is 0.562. The Kier molecular flexibility index (Phi) is 6.24. The minimum atomic E-state index is -0.0509. The van der Waals surface area contributed by atoms with Crippen LogP contribution in [0.3, 0.4) is 0 Å². The van der Waals surface area contributed by atoms with Crippen molar-refractivity contribution in [3.05, 3.63) is 21.9 Å². The second-order valence-corrected chi connectivity index (χ2v) is 6.24. The summed E-state index contributed by atoms with van der Waals surface area (Å²) < 4.78 is 0. The molecule has 0 aromatic carbocycles. The van der Waals surface area contributed by atoms with Gasteiger partial charge in [0.15, 0.2) is 0 Å². The summed E-state index contributed by atoms with van der Waals surface area (Å²) in [6.07, 6.45) is 2.95. The number of likely N-dealkylation sites (tertiary alicyclic amines) is 1. The number of amides is 1. The second-order valence-electron chi connectivity index (χ2n) is 5.32. The van der Waals surface area contributed by atoms with E-state index in [1.807, 2.05) is 18.4 Å². The van der Waals surface area contributed by atoms with E-state index in [2.05, 4.69) is 22.1 Å². The number of nitrogens with zero attached hydrogens (tertiary/aromatic N) is 1. The quantitative estimate of drug-likeness (QED) is 0.814. The van der Waals surface area contributed by atoms with E-state index in [4.69, 9.17) is 5.11 Å². The Labute approximate surface area is 130 Å². The summed E-state index contributed by atoms with van der Waals surface area (Å²) in [7, 11) is 0. The maximum atomic E-state index is 12.3. The Bertz CT molecular complexity index is 524. The Morgan fingerprint density at radius 2 is 2.29 bits per heavy atom. The van der Waals surface area contributed by atoms with E-state index < -0.39 is 0 Å². The summed E-state index contributed by atoms with van der Waals surface area (Å²) in [5.41, 5.74) is 0.749. The first-order valence-electron chi connectivity index (χ1n) is 7.41. The van der Waals surface area contributed by atoms with Gasteiger partial charge < -0.3 is 15.3 Å². The van der Waals surface area contributed by atoms with Gasteiger partial charge in [-0.3, -0.25) is 4.79 Å². The van der Waals surface area contributed by atoms with Crippen molar-refractivity contribution in [2.24, 2.45) is 0 Å². The van der Waals surface area contributed by atoms with Crippen molar-refractivity contribution in [3.8, 4) is 11.8 Å². The number of carbonyl (C=O) groups excluding carboxylic acids is 1. The number of thiophene rings is 1. The first kappa shape index (κ1) is 16.0. The first-order chi connectivity index (χ1) is 10.2. The van der Waals surface area contributed by atoms with Gasteiger partial charge in [0.05, 0.1) is 6.61 Å². The number of aliphatic hydroxyl groups excluding tert-OH is 1. The molecule has 2 N–H and O–H groups in total. The maximum Gasteiger partial charge on any atom is 0.262 e. The smallest absolute Gasteiger partial charge is 0.262 e. The highest BCUT2D eigenvalue weighted by atomic mass is 32.1. The van der Waals surface area contributed by atoms with E-state index in [1.165, 1.54) is 24.2 Å². The third kappa shape index (κ3) is 4.85. The highest BCUT2D eigenvalue weighted by Gasteiger charge is 2.18. The van der Waals surface area contributed by atoms with Crippen LogP contribution in [-0.4, -0.2) is 48.2 Å². The Morgan fingerprint density at radius 3 is 3.00 bits per heavy atom. The third-order valence-corrected chi connectivity index (χ3v) is 4.35. The van der Waals surface area contributed by atoms with Crippen molar-refractivity contribution in [2.75, 3.05) is 26.2 Å². The van der Waals surface area contributed by atoms with Crippen LogP contribution in [0.4, 0.5) is 0 Å². The first-order valence-corrected chi connectivity index (χ1v) is 8.29. The molecule has 0 aliphatic carbocycles. The van der Waals surface area contributed by atoms with Crippen molar-refractivity contribution in [1.82, 2.24) is 10.2 Å². The molecular weight excluding hydrogens is 284 g/mol. The largest absolute Gasteiger partial charge is 0.395 e. The van der Waals surface area contributed by atoms with Crippen LogP contribution in [0.15, 0.2) is 11.4 Å². The molecule has 1 amide bonds. The molecule has 1 aliphatic rings. The van der Waals surface area contributed by atoms with Gasteiger partial charge in [-0.05, 0) is 44.3 Å². The average molecular weight is 306 g/mol. The minimum absolute atomic E-state index is 0.0472. The number of carbonyl (C=O) groups is 1. The van der Waals surface area contributed by atoms with Gasteiger partial charge in [0.2, 0.25) is 0 Å². The van der Waals surface area contributed by atoms with Crippen LogP contribution in [0.25, 0.3) is 0 Å². The molecular formula is C16H22N2O2S. The van der Waals surface area contributed by atoms with Crippen LogP contribution in [-0.2, 0) is 0 Å². The van der Waals surface area contributed by atoms with Gasteiger partial charge in [0.25, 0.3) is 5.91 Å². The predicted octanol–water partition coefficient (Wildman–Crippen LogP) is 1.70. The summed E-state index contributed by atoms with van der Waals surface area (Å²) in [6, 6.07) is 1.99. The van der Waals surface area contributed by atoms with Crippen LogP contribution < -0.4 is 5.32 Å². The highest BCUT2D eigenvalue weighted by Crippen LogP contribution is 2.16. The van der Waals surface area contributed by atoms with E-state index in [0.717, 1.165) is 25.2 Å². The van der Waals surface area contributed by atoms with Crippen molar-refractivity contribution in [1.29, 1.82) is 0 Å². The lowest BCUT2D eigenvalue weighted by atomic mass is 10.2. The topological polar surface area (TPSA) is 52.6 Å². The van der Waals surface area contributed by atoms with Gasteiger partial charge in [-0.1, -0.05) is 11.8 Å².